The number of aromatic amines is 1. The van der Waals surface area contributed by atoms with E-state index in [0.29, 0.717) is 19.3 Å². The van der Waals surface area contributed by atoms with Gasteiger partial charge in [0.15, 0.2) is 0 Å². The molecule has 1 fully saturated rings. The SMILES string of the molecule is c1ccc2c3c([nH]c2c1)CN[C@H](Cn1cc(COC[C@H]2CO2)nn1)C3. The van der Waals surface area contributed by atoms with Crippen molar-refractivity contribution in [3.63, 3.8) is 0 Å². The van der Waals surface area contributed by atoms with Crippen LogP contribution in [0, 0.1) is 0 Å². The summed E-state index contributed by atoms with van der Waals surface area (Å²) >= 11 is 0. The Morgan fingerprint density at radius 3 is 3.16 bits per heavy atom. The molecule has 0 bridgehead atoms. The van der Waals surface area contributed by atoms with Gasteiger partial charge < -0.3 is 19.8 Å². The van der Waals surface area contributed by atoms with Crippen LogP contribution in [0.4, 0.5) is 0 Å². The third kappa shape index (κ3) is 3.18. The topological polar surface area (TPSA) is 80.3 Å². The van der Waals surface area contributed by atoms with E-state index in [1.165, 1.54) is 22.2 Å². The molecule has 2 N–H and O–H groups in total. The molecule has 3 aromatic rings. The van der Waals surface area contributed by atoms with Crippen LogP contribution >= 0.6 is 0 Å². The van der Waals surface area contributed by atoms with E-state index >= 15 is 0 Å². The Balaban J connectivity index is 1.23. The van der Waals surface area contributed by atoms with Crippen molar-refractivity contribution in [3.05, 3.63) is 47.4 Å². The Bertz CT molecular complexity index is 883. The molecule has 5 rings (SSSR count). The van der Waals surface area contributed by atoms with Crippen LogP contribution in [0.3, 0.4) is 0 Å². The summed E-state index contributed by atoms with van der Waals surface area (Å²) in [4.78, 5) is 3.52. The predicted octanol–water partition coefficient (Wildman–Crippen LogP) is 1.39. The maximum absolute atomic E-state index is 5.57. The molecule has 2 atom stereocenters. The van der Waals surface area contributed by atoms with Crippen LogP contribution in [0.2, 0.25) is 0 Å². The van der Waals surface area contributed by atoms with Gasteiger partial charge in [0.05, 0.1) is 32.6 Å². The van der Waals surface area contributed by atoms with Crippen molar-refractivity contribution >= 4 is 10.9 Å². The highest BCUT2D eigenvalue weighted by atomic mass is 16.6. The van der Waals surface area contributed by atoms with E-state index in [9.17, 15) is 0 Å². The second kappa shape index (κ2) is 6.25. The molecule has 2 aliphatic heterocycles. The molecule has 25 heavy (non-hydrogen) atoms. The van der Waals surface area contributed by atoms with E-state index in [0.717, 1.165) is 31.8 Å². The van der Waals surface area contributed by atoms with Crippen molar-refractivity contribution < 1.29 is 9.47 Å². The van der Waals surface area contributed by atoms with Crippen LogP contribution in [-0.4, -0.2) is 45.3 Å². The molecule has 130 valence electrons. The van der Waals surface area contributed by atoms with Crippen molar-refractivity contribution in [2.75, 3.05) is 13.2 Å². The van der Waals surface area contributed by atoms with Gasteiger partial charge in [-0.25, -0.2) is 0 Å². The van der Waals surface area contributed by atoms with Gasteiger partial charge in [0.1, 0.15) is 11.8 Å². The van der Waals surface area contributed by atoms with Gasteiger partial charge in [0.2, 0.25) is 0 Å². The Morgan fingerprint density at radius 2 is 2.24 bits per heavy atom. The maximum Gasteiger partial charge on any atom is 0.108 e. The maximum atomic E-state index is 5.57. The average molecular weight is 339 g/mol. The summed E-state index contributed by atoms with van der Waals surface area (Å²) in [6.07, 6.45) is 3.25. The van der Waals surface area contributed by atoms with Crippen LogP contribution in [0.15, 0.2) is 30.5 Å². The van der Waals surface area contributed by atoms with E-state index in [4.69, 9.17) is 9.47 Å². The molecular weight excluding hydrogens is 318 g/mol. The first-order valence-electron chi connectivity index (χ1n) is 8.75. The highest BCUT2D eigenvalue weighted by Crippen LogP contribution is 2.26. The third-order valence-corrected chi connectivity index (χ3v) is 4.87. The number of ether oxygens (including phenoxy) is 2. The lowest BCUT2D eigenvalue weighted by atomic mass is 9.98. The Morgan fingerprint density at radius 1 is 1.32 bits per heavy atom. The van der Waals surface area contributed by atoms with Gasteiger partial charge in [0.25, 0.3) is 0 Å². The lowest BCUT2D eigenvalue weighted by molar-refractivity contribution is 0.102. The lowest BCUT2D eigenvalue weighted by Crippen LogP contribution is -2.38. The summed E-state index contributed by atoms with van der Waals surface area (Å²) in [5, 5.41) is 13.4. The number of hydrogen-bond donors (Lipinski definition) is 2. The van der Waals surface area contributed by atoms with Crippen molar-refractivity contribution in [3.8, 4) is 0 Å². The molecule has 0 spiro atoms. The molecule has 0 saturated carbocycles. The predicted molar refractivity (Wildman–Crippen MR) is 92.0 cm³/mol. The number of nitrogens with one attached hydrogen (secondary N) is 2. The van der Waals surface area contributed by atoms with Gasteiger partial charge in [-0.15, -0.1) is 5.10 Å². The van der Waals surface area contributed by atoms with Crippen molar-refractivity contribution in [1.82, 2.24) is 25.3 Å². The largest absolute Gasteiger partial charge is 0.372 e. The summed E-state index contributed by atoms with van der Waals surface area (Å²) in [5.41, 5.74) is 4.80. The molecular formula is C18H21N5O2. The monoisotopic (exact) mass is 339 g/mol. The number of fused-ring (bicyclic) bond motifs is 3. The molecule has 0 amide bonds. The molecule has 0 aliphatic carbocycles. The molecule has 0 radical (unpaired) electrons. The molecule has 7 heteroatoms. The Hall–Kier alpha value is -2.22. The summed E-state index contributed by atoms with van der Waals surface area (Å²) in [5.74, 6) is 0. The second-order valence-electron chi connectivity index (χ2n) is 6.81. The van der Waals surface area contributed by atoms with Crippen LogP contribution < -0.4 is 5.32 Å². The van der Waals surface area contributed by atoms with E-state index < -0.39 is 0 Å². The van der Waals surface area contributed by atoms with Gasteiger partial charge in [-0.05, 0) is 18.1 Å². The smallest absolute Gasteiger partial charge is 0.108 e. The number of epoxide rings is 1. The first kappa shape index (κ1) is 15.1. The second-order valence-corrected chi connectivity index (χ2v) is 6.81. The summed E-state index contributed by atoms with van der Waals surface area (Å²) in [6, 6.07) is 8.86. The van der Waals surface area contributed by atoms with Gasteiger partial charge in [-0.3, -0.25) is 4.68 Å². The number of H-pyrrole nitrogens is 1. The quantitative estimate of drug-likeness (QED) is 0.664. The molecule has 1 aromatic carbocycles. The number of hydrogen-bond acceptors (Lipinski definition) is 5. The fourth-order valence-electron chi connectivity index (χ4n) is 3.51. The zero-order chi connectivity index (χ0) is 16.6. The van der Waals surface area contributed by atoms with Crippen molar-refractivity contribution in [1.29, 1.82) is 0 Å². The fourth-order valence-corrected chi connectivity index (χ4v) is 3.51. The first-order valence-corrected chi connectivity index (χ1v) is 8.75. The number of para-hydroxylation sites is 1. The highest BCUT2D eigenvalue weighted by Gasteiger charge is 2.23. The van der Waals surface area contributed by atoms with Gasteiger partial charge in [-0.1, -0.05) is 23.4 Å². The lowest BCUT2D eigenvalue weighted by Gasteiger charge is -2.23. The fraction of sp³-hybridized carbons (Fsp3) is 0.444. The number of rotatable bonds is 6. The molecule has 7 nitrogen and oxygen atoms in total. The summed E-state index contributed by atoms with van der Waals surface area (Å²) in [6.45, 7) is 3.61. The van der Waals surface area contributed by atoms with Crippen LogP contribution in [-0.2, 0) is 35.6 Å². The minimum absolute atomic E-state index is 0.284. The first-order chi connectivity index (χ1) is 12.3. The molecule has 1 saturated heterocycles. The van der Waals surface area contributed by atoms with Crippen molar-refractivity contribution in [2.24, 2.45) is 0 Å². The number of aromatic nitrogens is 4. The molecule has 4 heterocycles. The summed E-state index contributed by atoms with van der Waals surface area (Å²) in [7, 11) is 0. The average Bonchev–Trinajstić information content (AvgIpc) is 3.23. The minimum atomic E-state index is 0.284. The van der Waals surface area contributed by atoms with Crippen LogP contribution in [0.1, 0.15) is 17.0 Å². The Labute approximate surface area is 145 Å². The Kier molecular flexibility index (Phi) is 3.77. The number of benzene rings is 1. The standard InChI is InChI=1S/C18H21N5O2/c1-2-4-17-15(3-1)16-5-12(19-6-18(16)20-17)7-23-8-13(21-22-23)9-24-10-14-11-25-14/h1-4,8,12,14,19-20H,5-7,9-11H2/t12-,14-/m0/s1. The third-order valence-electron chi connectivity index (χ3n) is 4.87. The van der Waals surface area contributed by atoms with Gasteiger partial charge in [0, 0.05) is 29.2 Å². The molecule has 2 aliphatic rings. The zero-order valence-electron chi connectivity index (χ0n) is 13.9. The zero-order valence-corrected chi connectivity index (χ0v) is 13.9. The highest BCUT2D eigenvalue weighted by molar-refractivity contribution is 5.84. The minimum Gasteiger partial charge on any atom is -0.372 e. The van der Waals surface area contributed by atoms with E-state index in [1.807, 2.05) is 10.9 Å². The van der Waals surface area contributed by atoms with Gasteiger partial charge >= 0.3 is 0 Å². The normalized spacial score (nSPS) is 22.2. The summed E-state index contributed by atoms with van der Waals surface area (Å²) < 4.78 is 12.6. The van der Waals surface area contributed by atoms with E-state index in [2.05, 4.69) is 44.9 Å². The van der Waals surface area contributed by atoms with E-state index in [-0.39, 0.29) is 6.10 Å². The number of nitrogens with zero attached hydrogens (tertiary/aromatic N) is 3. The van der Waals surface area contributed by atoms with Crippen LogP contribution in [0.25, 0.3) is 10.9 Å². The van der Waals surface area contributed by atoms with Gasteiger partial charge in [-0.2, -0.15) is 0 Å². The van der Waals surface area contributed by atoms with Crippen LogP contribution in [0.5, 0.6) is 0 Å². The van der Waals surface area contributed by atoms with Crippen molar-refractivity contribution in [2.45, 2.75) is 38.3 Å². The van der Waals surface area contributed by atoms with E-state index in [1.54, 1.807) is 0 Å². The molecule has 0 unspecified atom stereocenters. The molecule has 2 aromatic heterocycles.